The summed E-state index contributed by atoms with van der Waals surface area (Å²) in [6, 6.07) is 4.02. The Morgan fingerprint density at radius 1 is 1.31 bits per heavy atom. The third kappa shape index (κ3) is 2.49. The molecule has 0 aliphatic carbocycles. The third-order valence-electron chi connectivity index (χ3n) is 2.45. The first-order valence-electron chi connectivity index (χ1n) is 5.40. The van der Waals surface area contributed by atoms with Crippen molar-refractivity contribution in [3.63, 3.8) is 0 Å². The first-order chi connectivity index (χ1) is 7.79. The highest BCUT2D eigenvalue weighted by molar-refractivity contribution is 5.06. The van der Waals surface area contributed by atoms with Gasteiger partial charge in [0.2, 0.25) is 0 Å². The summed E-state index contributed by atoms with van der Waals surface area (Å²) in [5.74, 6) is 2.90. The van der Waals surface area contributed by atoms with Crippen LogP contribution in [0.5, 0.6) is 0 Å². The van der Waals surface area contributed by atoms with E-state index >= 15 is 0 Å². The summed E-state index contributed by atoms with van der Waals surface area (Å²) in [7, 11) is 1.88. The normalized spacial score (nSPS) is 10.9. The van der Waals surface area contributed by atoms with Crippen LogP contribution in [-0.2, 0) is 26.6 Å². The number of aryl methyl sites for hydroxylation is 2. The molecule has 2 heterocycles. The van der Waals surface area contributed by atoms with Gasteiger partial charge in [0.25, 0.3) is 0 Å². The molecule has 0 unspecified atom stereocenters. The van der Waals surface area contributed by atoms with E-state index in [0.717, 1.165) is 23.8 Å². The highest BCUT2D eigenvalue weighted by atomic mass is 16.3. The summed E-state index contributed by atoms with van der Waals surface area (Å²) in [6.45, 7) is 3.49. The molecule has 1 N–H and O–H groups in total. The molecule has 16 heavy (non-hydrogen) atoms. The average Bonchev–Trinajstić information content (AvgIpc) is 2.89. The fourth-order valence-electron chi connectivity index (χ4n) is 1.49. The van der Waals surface area contributed by atoms with Crippen LogP contribution in [0.15, 0.2) is 22.9 Å². The second-order valence-electron chi connectivity index (χ2n) is 3.63. The van der Waals surface area contributed by atoms with E-state index in [0.29, 0.717) is 13.1 Å². The fraction of sp³-hybridized carbons (Fsp3) is 0.455. The molecular weight excluding hydrogens is 204 g/mol. The van der Waals surface area contributed by atoms with Crippen LogP contribution in [-0.4, -0.2) is 14.8 Å². The van der Waals surface area contributed by atoms with Crippen molar-refractivity contribution < 1.29 is 4.42 Å². The molecule has 0 bridgehead atoms. The number of nitrogens with one attached hydrogen (secondary N) is 1. The monoisotopic (exact) mass is 220 g/mol. The minimum atomic E-state index is 0.693. The molecule has 86 valence electrons. The number of hydrogen-bond donors (Lipinski definition) is 1. The number of aromatic nitrogens is 3. The van der Waals surface area contributed by atoms with E-state index in [-0.39, 0.29) is 0 Å². The standard InChI is InChI=1S/C11H16N4O/c1-3-9-4-5-10(16-9)6-12-7-11-13-8-14-15(11)2/h4-5,8,12H,3,6-7H2,1-2H3. The quantitative estimate of drug-likeness (QED) is 0.824. The van der Waals surface area contributed by atoms with E-state index < -0.39 is 0 Å². The van der Waals surface area contributed by atoms with Gasteiger partial charge in [0.1, 0.15) is 23.7 Å². The molecule has 0 aromatic carbocycles. The van der Waals surface area contributed by atoms with Crippen LogP contribution in [0.1, 0.15) is 24.3 Å². The highest BCUT2D eigenvalue weighted by Gasteiger charge is 2.02. The van der Waals surface area contributed by atoms with Gasteiger partial charge in [0, 0.05) is 13.5 Å². The Kier molecular flexibility index (Phi) is 3.36. The van der Waals surface area contributed by atoms with Gasteiger partial charge in [-0.05, 0) is 12.1 Å². The van der Waals surface area contributed by atoms with Crippen LogP contribution in [0.25, 0.3) is 0 Å². The van der Waals surface area contributed by atoms with E-state index in [1.165, 1.54) is 0 Å². The fourth-order valence-corrected chi connectivity index (χ4v) is 1.49. The third-order valence-corrected chi connectivity index (χ3v) is 2.45. The zero-order valence-electron chi connectivity index (χ0n) is 9.60. The number of furan rings is 1. The first-order valence-corrected chi connectivity index (χ1v) is 5.40. The Labute approximate surface area is 94.5 Å². The lowest BCUT2D eigenvalue weighted by atomic mass is 10.3. The maximum Gasteiger partial charge on any atom is 0.140 e. The van der Waals surface area contributed by atoms with Gasteiger partial charge in [0.05, 0.1) is 13.1 Å². The Bertz CT molecular complexity index is 446. The predicted octanol–water partition coefficient (Wildman–Crippen LogP) is 1.26. The van der Waals surface area contributed by atoms with Gasteiger partial charge >= 0.3 is 0 Å². The van der Waals surface area contributed by atoms with E-state index in [2.05, 4.69) is 22.3 Å². The summed E-state index contributed by atoms with van der Waals surface area (Å²) in [6.07, 6.45) is 2.49. The topological polar surface area (TPSA) is 55.9 Å². The van der Waals surface area contributed by atoms with Gasteiger partial charge in [-0.15, -0.1) is 0 Å². The minimum Gasteiger partial charge on any atom is -0.465 e. The maximum atomic E-state index is 5.58. The zero-order valence-corrected chi connectivity index (χ0v) is 9.60. The Balaban J connectivity index is 1.82. The molecule has 0 saturated carbocycles. The van der Waals surface area contributed by atoms with Crippen molar-refractivity contribution in [3.05, 3.63) is 35.8 Å². The molecular formula is C11H16N4O. The van der Waals surface area contributed by atoms with Gasteiger partial charge in [-0.3, -0.25) is 4.68 Å². The Morgan fingerprint density at radius 3 is 2.75 bits per heavy atom. The van der Waals surface area contributed by atoms with Crippen molar-refractivity contribution in [2.75, 3.05) is 0 Å². The van der Waals surface area contributed by atoms with Crippen molar-refractivity contribution in [2.24, 2.45) is 7.05 Å². The zero-order chi connectivity index (χ0) is 11.4. The van der Waals surface area contributed by atoms with Crippen LogP contribution in [0, 0.1) is 0 Å². The van der Waals surface area contributed by atoms with E-state index in [1.54, 1.807) is 11.0 Å². The smallest absolute Gasteiger partial charge is 0.140 e. The van der Waals surface area contributed by atoms with Gasteiger partial charge in [-0.2, -0.15) is 5.10 Å². The van der Waals surface area contributed by atoms with Crippen LogP contribution >= 0.6 is 0 Å². The van der Waals surface area contributed by atoms with Gasteiger partial charge in [-0.25, -0.2) is 4.98 Å². The van der Waals surface area contributed by atoms with E-state index in [1.807, 2.05) is 19.2 Å². The second kappa shape index (κ2) is 4.94. The predicted molar refractivity (Wildman–Crippen MR) is 59.6 cm³/mol. The summed E-state index contributed by atoms with van der Waals surface area (Å²) in [5, 5.41) is 7.27. The lowest BCUT2D eigenvalue weighted by molar-refractivity contribution is 0.447. The summed E-state index contributed by atoms with van der Waals surface area (Å²) in [4.78, 5) is 4.13. The molecule has 2 aromatic heterocycles. The second-order valence-corrected chi connectivity index (χ2v) is 3.63. The molecule has 0 radical (unpaired) electrons. The van der Waals surface area contributed by atoms with Gasteiger partial charge in [-0.1, -0.05) is 6.92 Å². The minimum absolute atomic E-state index is 0.693. The van der Waals surface area contributed by atoms with E-state index in [9.17, 15) is 0 Å². The van der Waals surface area contributed by atoms with Crippen molar-refractivity contribution in [1.29, 1.82) is 0 Å². The van der Waals surface area contributed by atoms with Crippen LogP contribution in [0.4, 0.5) is 0 Å². The summed E-state index contributed by atoms with van der Waals surface area (Å²) >= 11 is 0. The maximum absolute atomic E-state index is 5.58. The average molecular weight is 220 g/mol. The Hall–Kier alpha value is -1.62. The largest absolute Gasteiger partial charge is 0.465 e. The molecule has 0 amide bonds. The lowest BCUT2D eigenvalue weighted by Crippen LogP contribution is -2.15. The molecule has 2 rings (SSSR count). The van der Waals surface area contributed by atoms with Gasteiger partial charge < -0.3 is 9.73 Å². The van der Waals surface area contributed by atoms with Crippen LogP contribution in [0.3, 0.4) is 0 Å². The molecule has 0 aliphatic rings. The molecule has 0 atom stereocenters. The molecule has 0 spiro atoms. The molecule has 5 nitrogen and oxygen atoms in total. The number of hydrogen-bond acceptors (Lipinski definition) is 4. The van der Waals surface area contributed by atoms with Crippen molar-refractivity contribution in [3.8, 4) is 0 Å². The number of nitrogens with zero attached hydrogens (tertiary/aromatic N) is 3. The molecule has 0 saturated heterocycles. The van der Waals surface area contributed by atoms with Crippen molar-refractivity contribution in [1.82, 2.24) is 20.1 Å². The SMILES string of the molecule is CCc1ccc(CNCc2ncnn2C)o1. The summed E-state index contributed by atoms with van der Waals surface area (Å²) in [5.41, 5.74) is 0. The molecule has 0 aliphatic heterocycles. The molecule has 2 aromatic rings. The van der Waals surface area contributed by atoms with E-state index in [4.69, 9.17) is 4.42 Å². The summed E-state index contributed by atoms with van der Waals surface area (Å²) < 4.78 is 7.33. The highest BCUT2D eigenvalue weighted by Crippen LogP contribution is 2.07. The molecule has 5 heteroatoms. The Morgan fingerprint density at radius 2 is 2.12 bits per heavy atom. The number of rotatable bonds is 5. The molecule has 0 fully saturated rings. The van der Waals surface area contributed by atoms with Crippen LogP contribution in [0.2, 0.25) is 0 Å². The lowest BCUT2D eigenvalue weighted by Gasteiger charge is -2.01. The van der Waals surface area contributed by atoms with Crippen LogP contribution < -0.4 is 5.32 Å². The van der Waals surface area contributed by atoms with Crippen molar-refractivity contribution >= 4 is 0 Å². The van der Waals surface area contributed by atoms with Gasteiger partial charge in [0.15, 0.2) is 0 Å². The first kappa shape index (κ1) is 10.9. The van der Waals surface area contributed by atoms with Crippen molar-refractivity contribution in [2.45, 2.75) is 26.4 Å².